The number of aliphatic imine (C=N–C) groups is 2. The summed E-state index contributed by atoms with van der Waals surface area (Å²) < 4.78 is 0. The maximum atomic E-state index is 4.61. The van der Waals surface area contributed by atoms with E-state index in [2.05, 4.69) is 45.3 Å². The molecule has 0 fully saturated rings. The first-order chi connectivity index (χ1) is 20.6. The number of nitrogens with zero attached hydrogens (tertiary/aromatic N) is 4. The van der Waals surface area contributed by atoms with Crippen LogP contribution in [0.25, 0.3) is 35.7 Å². The molecule has 0 saturated heterocycles. The molecule has 0 saturated carbocycles. The third-order valence-electron chi connectivity index (χ3n) is 5.83. The third-order valence-corrected chi connectivity index (χ3v) is 5.83. The first kappa shape index (κ1) is 33.2. The molecular formula is C38H42N4. The summed E-state index contributed by atoms with van der Waals surface area (Å²) in [4.78, 5) is 18.3. The van der Waals surface area contributed by atoms with Crippen LogP contribution in [-0.4, -0.2) is 22.4 Å². The highest BCUT2D eigenvalue weighted by Gasteiger charge is 2.03. The fraction of sp³-hybridized carbons (Fsp3) is 0.158. The van der Waals surface area contributed by atoms with Crippen LogP contribution in [0.1, 0.15) is 74.9 Å². The van der Waals surface area contributed by atoms with Gasteiger partial charge in [-0.15, -0.1) is 0 Å². The van der Waals surface area contributed by atoms with E-state index in [0.717, 1.165) is 56.1 Å². The van der Waals surface area contributed by atoms with Crippen molar-refractivity contribution in [2.75, 3.05) is 0 Å². The number of benzene rings is 2. The van der Waals surface area contributed by atoms with Crippen LogP contribution in [0.3, 0.4) is 0 Å². The average molecular weight is 555 g/mol. The Morgan fingerprint density at radius 3 is 1.43 bits per heavy atom. The molecule has 0 N–H and O–H groups in total. The first-order valence-corrected chi connectivity index (χ1v) is 14.4. The molecule has 2 aromatic heterocycles. The molecule has 0 amide bonds. The van der Waals surface area contributed by atoms with E-state index in [1.165, 1.54) is 0 Å². The molecule has 0 unspecified atom stereocenters. The zero-order valence-corrected chi connectivity index (χ0v) is 25.8. The molecule has 4 nitrogen and oxygen atoms in total. The lowest BCUT2D eigenvalue weighted by Crippen LogP contribution is -1.91. The van der Waals surface area contributed by atoms with Crippen molar-refractivity contribution in [3.63, 3.8) is 0 Å². The molecule has 0 aliphatic heterocycles. The van der Waals surface area contributed by atoms with E-state index < -0.39 is 0 Å². The predicted molar refractivity (Wildman–Crippen MR) is 187 cm³/mol. The molecule has 42 heavy (non-hydrogen) atoms. The SMILES string of the molecule is C=Cc1cc(N=Cc2ccc(-c3ccc(C=Nc4ccc(C=C)c(/C=C\C)c4)cn3)nc2)ccc1/C=C\C.CC.CC. The summed E-state index contributed by atoms with van der Waals surface area (Å²) in [6, 6.07) is 20.0. The van der Waals surface area contributed by atoms with Crippen molar-refractivity contribution in [2.45, 2.75) is 41.5 Å². The Morgan fingerprint density at radius 2 is 1.00 bits per heavy atom. The van der Waals surface area contributed by atoms with Gasteiger partial charge in [-0.05, 0) is 84.6 Å². The smallest absolute Gasteiger partial charge is 0.0886 e. The maximum absolute atomic E-state index is 4.61. The molecule has 4 rings (SSSR count). The number of rotatable bonds is 9. The average Bonchev–Trinajstić information content (AvgIpc) is 3.06. The topological polar surface area (TPSA) is 50.5 Å². The Kier molecular flexibility index (Phi) is 14.6. The molecule has 0 spiro atoms. The third kappa shape index (κ3) is 9.60. The van der Waals surface area contributed by atoms with Crippen LogP contribution in [0.15, 0.2) is 108 Å². The molecule has 0 aliphatic carbocycles. The van der Waals surface area contributed by atoms with E-state index >= 15 is 0 Å². The summed E-state index contributed by atoms with van der Waals surface area (Å²) in [5.74, 6) is 0. The summed E-state index contributed by atoms with van der Waals surface area (Å²) in [6.45, 7) is 19.8. The van der Waals surface area contributed by atoms with Gasteiger partial charge in [-0.25, -0.2) is 0 Å². The van der Waals surface area contributed by atoms with E-state index in [1.54, 1.807) is 12.4 Å². The molecule has 0 bridgehead atoms. The van der Waals surface area contributed by atoms with Crippen LogP contribution in [0.4, 0.5) is 11.4 Å². The Morgan fingerprint density at radius 1 is 0.548 bits per heavy atom. The van der Waals surface area contributed by atoms with Crippen LogP contribution in [-0.2, 0) is 0 Å². The van der Waals surface area contributed by atoms with Crippen LogP contribution < -0.4 is 0 Å². The molecule has 0 aliphatic rings. The number of pyridine rings is 2. The van der Waals surface area contributed by atoms with Crippen molar-refractivity contribution < 1.29 is 0 Å². The maximum Gasteiger partial charge on any atom is 0.0886 e. The van der Waals surface area contributed by atoms with Crippen molar-refractivity contribution in [1.29, 1.82) is 0 Å². The van der Waals surface area contributed by atoms with Gasteiger partial charge >= 0.3 is 0 Å². The Labute approximate surface area is 252 Å². The molecular weight excluding hydrogens is 512 g/mol. The molecule has 4 aromatic rings. The normalized spacial score (nSPS) is 10.9. The fourth-order valence-corrected chi connectivity index (χ4v) is 3.87. The van der Waals surface area contributed by atoms with Gasteiger partial charge < -0.3 is 0 Å². The van der Waals surface area contributed by atoms with Crippen molar-refractivity contribution >= 4 is 48.1 Å². The first-order valence-electron chi connectivity index (χ1n) is 14.4. The molecule has 2 heterocycles. The van der Waals surface area contributed by atoms with Gasteiger partial charge in [-0.3, -0.25) is 20.0 Å². The Hall–Kier alpha value is -4.96. The van der Waals surface area contributed by atoms with E-state index in [0.29, 0.717) is 0 Å². The lowest BCUT2D eigenvalue weighted by molar-refractivity contribution is 1.24. The van der Waals surface area contributed by atoms with E-state index in [1.807, 2.05) is 139 Å². The fourth-order valence-electron chi connectivity index (χ4n) is 3.87. The van der Waals surface area contributed by atoms with Gasteiger partial charge in [0.15, 0.2) is 0 Å². The van der Waals surface area contributed by atoms with Crippen molar-refractivity contribution in [3.8, 4) is 11.4 Å². The number of allylic oxidation sites excluding steroid dienone is 2. The van der Waals surface area contributed by atoms with Crippen LogP contribution >= 0.6 is 0 Å². The lowest BCUT2D eigenvalue weighted by atomic mass is 10.1. The van der Waals surface area contributed by atoms with Crippen LogP contribution in [0.5, 0.6) is 0 Å². The summed E-state index contributed by atoms with van der Waals surface area (Å²) >= 11 is 0. The molecule has 214 valence electrons. The van der Waals surface area contributed by atoms with Gasteiger partial charge in [0.05, 0.1) is 22.8 Å². The number of hydrogen-bond donors (Lipinski definition) is 0. The zero-order chi connectivity index (χ0) is 30.7. The highest BCUT2D eigenvalue weighted by atomic mass is 14.8. The summed E-state index contributed by atoms with van der Waals surface area (Å²) in [7, 11) is 0. The minimum Gasteiger partial charge on any atom is -0.256 e. The second-order valence-corrected chi connectivity index (χ2v) is 8.50. The van der Waals surface area contributed by atoms with Gasteiger partial charge in [0.1, 0.15) is 0 Å². The lowest BCUT2D eigenvalue weighted by Gasteiger charge is -2.04. The highest BCUT2D eigenvalue weighted by Crippen LogP contribution is 2.22. The van der Waals surface area contributed by atoms with Gasteiger partial charge in [0, 0.05) is 35.9 Å². The Bertz CT molecular complexity index is 1540. The van der Waals surface area contributed by atoms with Crippen molar-refractivity contribution in [2.24, 2.45) is 9.98 Å². The quantitative estimate of drug-likeness (QED) is 0.193. The van der Waals surface area contributed by atoms with Gasteiger partial charge in [0.25, 0.3) is 0 Å². The van der Waals surface area contributed by atoms with Crippen LogP contribution in [0.2, 0.25) is 0 Å². The van der Waals surface area contributed by atoms with Gasteiger partial charge in [0.2, 0.25) is 0 Å². The number of hydrogen-bond acceptors (Lipinski definition) is 4. The summed E-state index contributed by atoms with van der Waals surface area (Å²) in [5, 5.41) is 0. The minimum absolute atomic E-state index is 0.797. The largest absolute Gasteiger partial charge is 0.256 e. The monoisotopic (exact) mass is 554 g/mol. The molecule has 4 heteroatoms. The standard InChI is InChI=1S/C34H30N4.2C2H6/c1-5-9-29-14-16-31(19-28(29)8-4)35-21-25-11-17-33(37-23-25)34-18-12-26(24-38-34)22-36-32-15-13-27(7-3)30(20-32)10-6-2;2*1-2/h5-24H,3-4H2,1-2H3;2*1-2H3/b9-5-,10-6-,35-21?,36-22?;;. The molecule has 2 aromatic carbocycles. The second kappa shape index (κ2) is 18.4. The van der Waals surface area contributed by atoms with Crippen molar-refractivity contribution in [1.82, 2.24) is 9.97 Å². The van der Waals surface area contributed by atoms with Gasteiger partial charge in [-0.2, -0.15) is 0 Å². The summed E-state index contributed by atoms with van der Waals surface area (Å²) in [5.41, 5.74) is 9.51. The van der Waals surface area contributed by atoms with Crippen molar-refractivity contribution in [3.05, 3.63) is 132 Å². The molecule has 0 radical (unpaired) electrons. The predicted octanol–water partition coefficient (Wildman–Crippen LogP) is 11.0. The highest BCUT2D eigenvalue weighted by molar-refractivity contribution is 5.84. The van der Waals surface area contributed by atoms with E-state index in [4.69, 9.17) is 0 Å². The minimum atomic E-state index is 0.797. The van der Waals surface area contributed by atoms with Gasteiger partial charge in [-0.1, -0.05) is 89.4 Å². The Balaban J connectivity index is 0.00000148. The second-order valence-electron chi connectivity index (χ2n) is 8.50. The summed E-state index contributed by atoms with van der Waals surface area (Å²) in [6.07, 6.45) is 19.1. The van der Waals surface area contributed by atoms with E-state index in [9.17, 15) is 0 Å². The van der Waals surface area contributed by atoms with E-state index in [-0.39, 0.29) is 0 Å². The molecule has 0 atom stereocenters. The number of aromatic nitrogens is 2. The zero-order valence-electron chi connectivity index (χ0n) is 25.8. The van der Waals surface area contributed by atoms with Crippen LogP contribution in [0, 0.1) is 0 Å².